The molecule has 0 fully saturated rings. The van der Waals surface area contributed by atoms with Gasteiger partial charge in [-0.1, -0.05) is 38.4 Å². The van der Waals surface area contributed by atoms with Gasteiger partial charge in [0.05, 0.1) is 10.6 Å². The number of carbonyl (C=O) groups excluding carboxylic acids is 1. The van der Waals surface area contributed by atoms with Gasteiger partial charge in [-0.2, -0.15) is 0 Å². The fourth-order valence-corrected chi connectivity index (χ4v) is 2.24. The number of hydrogen-bond acceptors (Lipinski definition) is 2. The first kappa shape index (κ1) is 15.5. The lowest BCUT2D eigenvalue weighted by Gasteiger charge is -2.21. The Bertz CT molecular complexity index is 703. The molecule has 0 saturated heterocycles. The van der Waals surface area contributed by atoms with Crippen LogP contribution in [0.25, 0.3) is 11.1 Å². The summed E-state index contributed by atoms with van der Waals surface area (Å²) in [6.45, 7) is 6.03. The predicted octanol–water partition coefficient (Wildman–Crippen LogP) is 4.96. The molecule has 0 aromatic heterocycles. The third kappa shape index (κ3) is 3.08. The maximum atomic E-state index is 13.3. The van der Waals surface area contributed by atoms with Crippen molar-refractivity contribution in [2.45, 2.75) is 26.2 Å². The molecule has 0 saturated carbocycles. The van der Waals surface area contributed by atoms with Crippen LogP contribution >= 0.6 is 11.6 Å². The SMILES string of the molecule is CC(C)(C)c1cc(C=O)c(O)c(-c2ccc(F)c(Cl)c2)c1. The van der Waals surface area contributed by atoms with Crippen LogP contribution in [0.1, 0.15) is 36.7 Å². The van der Waals surface area contributed by atoms with Crippen molar-refractivity contribution in [3.05, 3.63) is 52.3 Å². The molecular formula is C17H16ClFO2. The van der Waals surface area contributed by atoms with E-state index in [1.165, 1.54) is 18.2 Å². The maximum absolute atomic E-state index is 13.3. The fraction of sp³-hybridized carbons (Fsp3) is 0.235. The molecule has 0 heterocycles. The van der Waals surface area contributed by atoms with Crippen molar-refractivity contribution in [1.29, 1.82) is 0 Å². The number of hydrogen-bond donors (Lipinski definition) is 1. The monoisotopic (exact) mass is 306 g/mol. The summed E-state index contributed by atoms with van der Waals surface area (Å²) in [7, 11) is 0. The minimum absolute atomic E-state index is 0.0271. The lowest BCUT2D eigenvalue weighted by molar-refractivity contribution is 0.112. The largest absolute Gasteiger partial charge is 0.507 e. The number of aldehydes is 1. The van der Waals surface area contributed by atoms with Gasteiger partial charge in [0.1, 0.15) is 11.6 Å². The molecule has 0 radical (unpaired) electrons. The number of halogens is 2. The van der Waals surface area contributed by atoms with Crippen molar-refractivity contribution in [3.63, 3.8) is 0 Å². The van der Waals surface area contributed by atoms with E-state index in [1.807, 2.05) is 20.8 Å². The van der Waals surface area contributed by atoms with Gasteiger partial charge in [0.2, 0.25) is 0 Å². The average Bonchev–Trinajstić information content (AvgIpc) is 2.41. The third-order valence-corrected chi connectivity index (χ3v) is 3.65. The van der Waals surface area contributed by atoms with Crippen molar-refractivity contribution in [2.75, 3.05) is 0 Å². The second-order valence-electron chi connectivity index (χ2n) is 5.96. The van der Waals surface area contributed by atoms with E-state index in [4.69, 9.17) is 11.6 Å². The molecule has 0 bridgehead atoms. The van der Waals surface area contributed by atoms with Crippen LogP contribution in [0.3, 0.4) is 0 Å². The molecule has 2 aromatic rings. The first-order chi connectivity index (χ1) is 9.74. The Kier molecular flexibility index (Phi) is 4.06. The van der Waals surface area contributed by atoms with Gasteiger partial charge in [-0.3, -0.25) is 4.79 Å². The van der Waals surface area contributed by atoms with E-state index in [1.54, 1.807) is 12.1 Å². The van der Waals surface area contributed by atoms with E-state index in [2.05, 4.69) is 0 Å². The molecule has 2 aromatic carbocycles. The molecular weight excluding hydrogens is 291 g/mol. The van der Waals surface area contributed by atoms with Gasteiger partial charge in [0.15, 0.2) is 6.29 Å². The summed E-state index contributed by atoms with van der Waals surface area (Å²) < 4.78 is 13.3. The van der Waals surface area contributed by atoms with Crippen LogP contribution < -0.4 is 0 Å². The first-order valence-corrected chi connectivity index (χ1v) is 6.90. The van der Waals surface area contributed by atoms with Crippen LogP contribution in [0.5, 0.6) is 5.75 Å². The molecule has 4 heteroatoms. The first-order valence-electron chi connectivity index (χ1n) is 6.52. The molecule has 21 heavy (non-hydrogen) atoms. The molecule has 1 N–H and O–H groups in total. The molecule has 0 spiro atoms. The summed E-state index contributed by atoms with van der Waals surface area (Å²) >= 11 is 5.79. The summed E-state index contributed by atoms with van der Waals surface area (Å²) in [5.74, 6) is -0.650. The highest BCUT2D eigenvalue weighted by molar-refractivity contribution is 6.31. The Morgan fingerprint density at radius 1 is 1.19 bits per heavy atom. The number of phenolic OH excluding ortho intramolecular Hbond substituents is 1. The molecule has 0 aliphatic carbocycles. The van der Waals surface area contributed by atoms with Crippen molar-refractivity contribution in [3.8, 4) is 16.9 Å². The average molecular weight is 307 g/mol. The number of benzene rings is 2. The van der Waals surface area contributed by atoms with Gasteiger partial charge >= 0.3 is 0 Å². The predicted molar refractivity (Wildman–Crippen MR) is 82.6 cm³/mol. The quantitative estimate of drug-likeness (QED) is 0.796. The molecule has 110 valence electrons. The van der Waals surface area contributed by atoms with Crippen molar-refractivity contribution < 1.29 is 14.3 Å². The lowest BCUT2D eigenvalue weighted by atomic mass is 9.84. The zero-order valence-corrected chi connectivity index (χ0v) is 12.8. The van der Waals surface area contributed by atoms with E-state index in [-0.39, 0.29) is 21.8 Å². The van der Waals surface area contributed by atoms with Crippen LogP contribution in [0.2, 0.25) is 5.02 Å². The van der Waals surface area contributed by atoms with E-state index in [9.17, 15) is 14.3 Å². The summed E-state index contributed by atoms with van der Waals surface area (Å²) in [6.07, 6.45) is 0.610. The summed E-state index contributed by atoms with van der Waals surface area (Å²) in [4.78, 5) is 11.2. The Morgan fingerprint density at radius 2 is 1.86 bits per heavy atom. The summed E-state index contributed by atoms with van der Waals surface area (Å²) in [5.41, 5.74) is 1.94. The highest BCUT2D eigenvalue weighted by atomic mass is 35.5. The Balaban J connectivity index is 2.72. The van der Waals surface area contributed by atoms with E-state index < -0.39 is 5.82 Å². The Labute approximate surface area is 128 Å². The zero-order valence-electron chi connectivity index (χ0n) is 12.1. The third-order valence-electron chi connectivity index (χ3n) is 3.36. The second kappa shape index (κ2) is 5.49. The molecule has 0 unspecified atom stereocenters. The normalized spacial score (nSPS) is 11.5. The van der Waals surface area contributed by atoms with Gasteiger partial charge in [0.25, 0.3) is 0 Å². The van der Waals surface area contributed by atoms with Crippen LogP contribution in [0.4, 0.5) is 4.39 Å². The van der Waals surface area contributed by atoms with Gasteiger partial charge in [-0.25, -0.2) is 4.39 Å². The summed E-state index contributed by atoms with van der Waals surface area (Å²) in [6, 6.07) is 7.66. The minimum atomic E-state index is -0.525. The van der Waals surface area contributed by atoms with Gasteiger partial charge in [-0.05, 0) is 40.8 Å². The maximum Gasteiger partial charge on any atom is 0.153 e. The minimum Gasteiger partial charge on any atom is -0.507 e. The Hall–Kier alpha value is -1.87. The van der Waals surface area contributed by atoms with E-state index in [0.29, 0.717) is 17.4 Å². The molecule has 0 atom stereocenters. The van der Waals surface area contributed by atoms with Crippen molar-refractivity contribution in [1.82, 2.24) is 0 Å². The van der Waals surface area contributed by atoms with E-state index in [0.717, 1.165) is 5.56 Å². The van der Waals surface area contributed by atoms with Crippen LogP contribution in [-0.4, -0.2) is 11.4 Å². The fourth-order valence-electron chi connectivity index (χ4n) is 2.06. The summed E-state index contributed by atoms with van der Waals surface area (Å²) in [5, 5.41) is 10.2. The number of carbonyl (C=O) groups is 1. The number of aromatic hydroxyl groups is 1. The molecule has 2 nitrogen and oxygen atoms in total. The standard InChI is InChI=1S/C17H16ClFO2/c1-17(2,3)12-6-11(9-20)16(21)13(8-12)10-4-5-15(19)14(18)7-10/h4-9,21H,1-3H3. The van der Waals surface area contributed by atoms with Gasteiger partial charge < -0.3 is 5.11 Å². The zero-order chi connectivity index (χ0) is 15.8. The number of phenols is 1. The lowest BCUT2D eigenvalue weighted by Crippen LogP contribution is -2.11. The molecule has 0 aliphatic heterocycles. The molecule has 0 aliphatic rings. The van der Waals surface area contributed by atoms with Gasteiger partial charge in [0, 0.05) is 5.56 Å². The molecule has 2 rings (SSSR count). The number of rotatable bonds is 2. The second-order valence-corrected chi connectivity index (χ2v) is 6.37. The van der Waals surface area contributed by atoms with Gasteiger partial charge in [-0.15, -0.1) is 0 Å². The van der Waals surface area contributed by atoms with Crippen molar-refractivity contribution >= 4 is 17.9 Å². The van der Waals surface area contributed by atoms with Crippen LogP contribution in [0, 0.1) is 5.82 Å². The Morgan fingerprint density at radius 3 is 2.38 bits per heavy atom. The highest BCUT2D eigenvalue weighted by Gasteiger charge is 2.19. The highest BCUT2D eigenvalue weighted by Crippen LogP contribution is 2.37. The topological polar surface area (TPSA) is 37.3 Å². The molecule has 0 amide bonds. The smallest absolute Gasteiger partial charge is 0.153 e. The van der Waals surface area contributed by atoms with Crippen LogP contribution in [0.15, 0.2) is 30.3 Å². The van der Waals surface area contributed by atoms with Crippen molar-refractivity contribution in [2.24, 2.45) is 0 Å². The van der Waals surface area contributed by atoms with E-state index >= 15 is 0 Å². The van der Waals surface area contributed by atoms with Crippen LogP contribution in [-0.2, 0) is 5.41 Å².